The second kappa shape index (κ2) is 7.04. The average Bonchev–Trinajstić information content (AvgIpc) is 3.17. The first-order valence-electron chi connectivity index (χ1n) is 6.76. The van der Waals surface area contributed by atoms with Gasteiger partial charge in [0.05, 0.1) is 5.03 Å². The summed E-state index contributed by atoms with van der Waals surface area (Å²) in [6, 6.07) is 13.2. The van der Waals surface area contributed by atoms with Crippen molar-refractivity contribution in [2.75, 3.05) is 5.32 Å². The number of carbonyl (C=O) groups is 1. The van der Waals surface area contributed by atoms with Gasteiger partial charge in [0.2, 0.25) is 5.01 Å². The Labute approximate surface area is 146 Å². The summed E-state index contributed by atoms with van der Waals surface area (Å²) in [5.74, 6) is -0.295. The van der Waals surface area contributed by atoms with Crippen LogP contribution in [0.1, 0.15) is 24.6 Å². The number of aryl methyl sites for hydroxylation is 1. The Morgan fingerprint density at radius 3 is 2.52 bits per heavy atom. The molecule has 0 saturated heterocycles. The van der Waals surface area contributed by atoms with Crippen molar-refractivity contribution in [1.29, 1.82) is 0 Å². The largest absolute Gasteiger partial charge is 0.320 e. The van der Waals surface area contributed by atoms with Gasteiger partial charge in [-0.3, -0.25) is 4.79 Å². The highest BCUT2D eigenvalue weighted by Gasteiger charge is 2.14. The van der Waals surface area contributed by atoms with Crippen LogP contribution in [0, 0.1) is 6.92 Å². The molecule has 1 N–H and O–H groups in total. The highest BCUT2D eigenvalue weighted by atomic mass is 35.5. The van der Waals surface area contributed by atoms with E-state index in [2.05, 4.69) is 15.5 Å². The zero-order chi connectivity index (χ0) is 16.2. The van der Waals surface area contributed by atoms with Gasteiger partial charge in [0.25, 0.3) is 5.91 Å². The maximum Gasteiger partial charge on any atom is 0.286 e. The number of hydrogen-bond donors (Lipinski definition) is 1. The van der Waals surface area contributed by atoms with Gasteiger partial charge in [-0.2, -0.15) is 0 Å². The summed E-state index contributed by atoms with van der Waals surface area (Å²) in [7, 11) is 0. The molecule has 0 aliphatic carbocycles. The van der Waals surface area contributed by atoms with Crippen LogP contribution in [0.3, 0.4) is 0 Å². The van der Waals surface area contributed by atoms with Crippen LogP contribution in [-0.2, 0) is 0 Å². The van der Waals surface area contributed by atoms with E-state index in [1.165, 1.54) is 4.88 Å². The summed E-state index contributed by atoms with van der Waals surface area (Å²) < 4.78 is 0. The van der Waals surface area contributed by atoms with E-state index >= 15 is 0 Å². The minimum Gasteiger partial charge on any atom is -0.320 e. The van der Waals surface area contributed by atoms with E-state index in [1.54, 1.807) is 11.3 Å². The number of aromatic nitrogens is 2. The fraction of sp³-hybridized carbons (Fsp3) is 0.0625. The van der Waals surface area contributed by atoms with E-state index in [-0.39, 0.29) is 10.9 Å². The summed E-state index contributed by atoms with van der Waals surface area (Å²) in [5, 5.41) is 12.0. The molecule has 0 unspecified atom stereocenters. The van der Waals surface area contributed by atoms with E-state index in [0.717, 1.165) is 16.2 Å². The predicted molar refractivity (Wildman–Crippen MR) is 97.1 cm³/mol. The maximum atomic E-state index is 12.1. The standard InChI is InChI=1S/C16H12ClN3OS2/c1-10-7-8-12(22-10)9-13(17)15-19-20-16(23-15)14(21)18-11-5-3-2-4-6-11/h2-9H,1H3,(H,18,21)/b13-9-. The number of anilines is 1. The molecular formula is C16H12ClN3OS2. The summed E-state index contributed by atoms with van der Waals surface area (Å²) in [6.07, 6.45) is 1.83. The van der Waals surface area contributed by atoms with E-state index in [4.69, 9.17) is 11.6 Å². The van der Waals surface area contributed by atoms with Crippen LogP contribution in [0.5, 0.6) is 0 Å². The Morgan fingerprint density at radius 2 is 1.83 bits per heavy atom. The first-order valence-corrected chi connectivity index (χ1v) is 8.77. The highest BCUT2D eigenvalue weighted by Crippen LogP contribution is 2.28. The molecule has 3 rings (SSSR count). The van der Waals surface area contributed by atoms with Gasteiger partial charge in [-0.05, 0) is 37.3 Å². The molecule has 0 saturated carbocycles. The van der Waals surface area contributed by atoms with Gasteiger partial charge in [0.15, 0.2) is 5.01 Å². The monoisotopic (exact) mass is 361 g/mol. The third-order valence-electron chi connectivity index (χ3n) is 2.89. The molecule has 0 spiro atoms. The summed E-state index contributed by atoms with van der Waals surface area (Å²) >= 11 is 9.08. The van der Waals surface area contributed by atoms with Crippen molar-refractivity contribution in [2.45, 2.75) is 6.92 Å². The summed E-state index contributed by atoms with van der Waals surface area (Å²) in [5.41, 5.74) is 0.713. The third-order valence-corrected chi connectivity index (χ3v) is 5.19. The van der Waals surface area contributed by atoms with Crippen molar-refractivity contribution in [1.82, 2.24) is 10.2 Å². The van der Waals surface area contributed by atoms with E-state index in [1.807, 2.05) is 55.5 Å². The third kappa shape index (κ3) is 4.04. The van der Waals surface area contributed by atoms with Crippen LogP contribution >= 0.6 is 34.3 Å². The van der Waals surface area contributed by atoms with E-state index < -0.39 is 0 Å². The van der Waals surface area contributed by atoms with Crippen LogP contribution in [-0.4, -0.2) is 16.1 Å². The molecule has 2 heterocycles. The molecule has 0 atom stereocenters. The molecule has 116 valence electrons. The van der Waals surface area contributed by atoms with Gasteiger partial charge in [-0.25, -0.2) is 0 Å². The lowest BCUT2D eigenvalue weighted by Gasteiger charge is -2.00. The van der Waals surface area contributed by atoms with Crippen LogP contribution in [0.2, 0.25) is 0 Å². The fourth-order valence-electron chi connectivity index (χ4n) is 1.84. The molecule has 4 nitrogen and oxygen atoms in total. The Kier molecular flexibility index (Phi) is 4.85. The molecule has 1 amide bonds. The first-order chi connectivity index (χ1) is 11.1. The number of carbonyl (C=O) groups excluding carboxylic acids is 1. The van der Waals surface area contributed by atoms with Gasteiger partial charge < -0.3 is 5.32 Å². The Balaban J connectivity index is 1.75. The lowest BCUT2D eigenvalue weighted by atomic mass is 10.3. The van der Waals surface area contributed by atoms with Crippen LogP contribution in [0.4, 0.5) is 5.69 Å². The Hall–Kier alpha value is -2.02. The number of thiophene rings is 1. The molecule has 2 aromatic heterocycles. The fourth-order valence-corrected chi connectivity index (χ4v) is 3.64. The number of halogens is 1. The Morgan fingerprint density at radius 1 is 1.09 bits per heavy atom. The van der Waals surface area contributed by atoms with Gasteiger partial charge in [0.1, 0.15) is 0 Å². The molecule has 7 heteroatoms. The number of nitrogens with zero attached hydrogens (tertiary/aromatic N) is 2. The van der Waals surface area contributed by atoms with Crippen LogP contribution in [0.15, 0.2) is 42.5 Å². The lowest BCUT2D eigenvalue weighted by molar-refractivity contribution is 0.102. The zero-order valence-corrected chi connectivity index (χ0v) is 14.5. The van der Waals surface area contributed by atoms with Gasteiger partial charge in [-0.15, -0.1) is 21.5 Å². The SMILES string of the molecule is Cc1ccc(/C=C(\Cl)c2nnc(C(=O)Nc3ccccc3)s2)s1. The molecule has 3 aromatic rings. The molecule has 0 fully saturated rings. The van der Waals surface area contributed by atoms with Crippen molar-refractivity contribution in [3.05, 3.63) is 62.2 Å². The molecular weight excluding hydrogens is 350 g/mol. The van der Waals surface area contributed by atoms with Crippen LogP contribution < -0.4 is 5.32 Å². The maximum absolute atomic E-state index is 12.1. The van der Waals surface area contributed by atoms with E-state index in [9.17, 15) is 4.79 Å². The van der Waals surface area contributed by atoms with Crippen LogP contribution in [0.25, 0.3) is 11.1 Å². The molecule has 0 radical (unpaired) electrons. The minimum atomic E-state index is -0.295. The van der Waals surface area contributed by atoms with Crippen molar-refractivity contribution in [2.24, 2.45) is 0 Å². The number of amides is 1. The lowest BCUT2D eigenvalue weighted by Crippen LogP contribution is -2.11. The number of benzene rings is 1. The van der Waals surface area contributed by atoms with E-state index in [0.29, 0.717) is 15.7 Å². The Bertz CT molecular complexity index is 855. The second-order valence-corrected chi connectivity index (χ2v) is 7.38. The van der Waals surface area contributed by atoms with Crippen molar-refractivity contribution >= 4 is 57.0 Å². The second-order valence-electron chi connectivity index (χ2n) is 4.67. The number of rotatable bonds is 4. The topological polar surface area (TPSA) is 54.9 Å². The molecule has 0 aliphatic rings. The normalized spacial score (nSPS) is 11.5. The first kappa shape index (κ1) is 15.9. The quantitative estimate of drug-likeness (QED) is 0.719. The average molecular weight is 362 g/mol. The smallest absolute Gasteiger partial charge is 0.286 e. The van der Waals surface area contributed by atoms with Crippen molar-refractivity contribution in [3.63, 3.8) is 0 Å². The molecule has 23 heavy (non-hydrogen) atoms. The molecule has 0 aliphatic heterocycles. The van der Waals surface area contributed by atoms with Crippen molar-refractivity contribution < 1.29 is 4.79 Å². The van der Waals surface area contributed by atoms with Gasteiger partial charge in [0, 0.05) is 15.4 Å². The molecule has 0 bridgehead atoms. The number of hydrogen-bond acceptors (Lipinski definition) is 5. The van der Waals surface area contributed by atoms with Gasteiger partial charge >= 0.3 is 0 Å². The summed E-state index contributed by atoms with van der Waals surface area (Å²) in [6.45, 7) is 2.03. The summed E-state index contributed by atoms with van der Waals surface area (Å²) in [4.78, 5) is 14.4. The number of para-hydroxylation sites is 1. The zero-order valence-electron chi connectivity index (χ0n) is 12.1. The predicted octanol–water partition coefficient (Wildman–Crippen LogP) is 4.90. The highest BCUT2D eigenvalue weighted by molar-refractivity contribution is 7.15. The van der Waals surface area contributed by atoms with Gasteiger partial charge in [-0.1, -0.05) is 41.1 Å². The molecule has 1 aromatic carbocycles. The number of nitrogens with one attached hydrogen (secondary N) is 1. The van der Waals surface area contributed by atoms with Crippen molar-refractivity contribution in [3.8, 4) is 0 Å². The minimum absolute atomic E-state index is 0.276.